The highest BCUT2D eigenvalue weighted by Gasteiger charge is 2.23. The zero-order chi connectivity index (χ0) is 16.9. The number of unbranched alkanes of at least 4 members (excludes halogenated alkanes) is 1. The van der Waals surface area contributed by atoms with Crippen LogP contribution in [0.25, 0.3) is 22.0 Å². The molecule has 1 aromatic carbocycles. The highest BCUT2D eigenvalue weighted by Crippen LogP contribution is 2.34. The Hall–Kier alpha value is -2.40. The van der Waals surface area contributed by atoms with Gasteiger partial charge in [0.2, 0.25) is 0 Å². The molecule has 0 saturated heterocycles. The Morgan fingerprint density at radius 2 is 2.00 bits per heavy atom. The molecule has 0 aliphatic heterocycles. The molecular formula is C19H20N2O2S. The monoisotopic (exact) mass is 340 g/mol. The van der Waals surface area contributed by atoms with E-state index < -0.39 is 0 Å². The van der Waals surface area contributed by atoms with Gasteiger partial charge in [-0.3, -0.25) is 4.79 Å². The molecule has 1 amide bonds. The van der Waals surface area contributed by atoms with Gasteiger partial charge in [0.05, 0.1) is 12.0 Å². The standard InChI is InChI=1S/C19H20N2O2S/c1-3-4-12-21(2)19(22)17-16(14-9-6-5-7-10-14)20-18(24-17)15-11-8-13-23-15/h5-11,13H,3-4,12H2,1-2H3. The third kappa shape index (κ3) is 3.41. The zero-order valence-electron chi connectivity index (χ0n) is 13.9. The Labute approximate surface area is 145 Å². The lowest BCUT2D eigenvalue weighted by Gasteiger charge is -2.16. The van der Waals surface area contributed by atoms with Gasteiger partial charge in [0.25, 0.3) is 5.91 Å². The fourth-order valence-corrected chi connectivity index (χ4v) is 3.48. The summed E-state index contributed by atoms with van der Waals surface area (Å²) in [5, 5.41) is 0.728. The second-order valence-electron chi connectivity index (χ2n) is 5.62. The Kier molecular flexibility index (Phi) is 5.11. The Morgan fingerprint density at radius 3 is 2.67 bits per heavy atom. The van der Waals surface area contributed by atoms with Crippen LogP contribution in [0.3, 0.4) is 0 Å². The lowest BCUT2D eigenvalue weighted by Crippen LogP contribution is -2.27. The van der Waals surface area contributed by atoms with Crippen LogP contribution in [0, 0.1) is 0 Å². The molecule has 24 heavy (non-hydrogen) atoms. The van der Waals surface area contributed by atoms with Crippen molar-refractivity contribution in [2.24, 2.45) is 0 Å². The number of hydrogen-bond acceptors (Lipinski definition) is 4. The second-order valence-corrected chi connectivity index (χ2v) is 6.62. The summed E-state index contributed by atoms with van der Waals surface area (Å²) in [6, 6.07) is 13.5. The van der Waals surface area contributed by atoms with Crippen LogP contribution in [-0.4, -0.2) is 29.4 Å². The van der Waals surface area contributed by atoms with Gasteiger partial charge in [-0.05, 0) is 18.6 Å². The van der Waals surface area contributed by atoms with Crippen molar-refractivity contribution >= 4 is 17.2 Å². The van der Waals surface area contributed by atoms with E-state index in [4.69, 9.17) is 4.42 Å². The molecule has 0 radical (unpaired) electrons. The summed E-state index contributed by atoms with van der Waals surface area (Å²) >= 11 is 1.39. The van der Waals surface area contributed by atoms with Crippen LogP contribution in [0.5, 0.6) is 0 Å². The van der Waals surface area contributed by atoms with E-state index in [9.17, 15) is 4.79 Å². The molecule has 0 aliphatic carbocycles. The van der Waals surface area contributed by atoms with Crippen molar-refractivity contribution in [3.63, 3.8) is 0 Å². The molecule has 0 fully saturated rings. The van der Waals surface area contributed by atoms with Gasteiger partial charge in [-0.1, -0.05) is 43.7 Å². The van der Waals surface area contributed by atoms with E-state index in [0.29, 0.717) is 10.6 Å². The average Bonchev–Trinajstić information content (AvgIpc) is 3.28. The smallest absolute Gasteiger partial charge is 0.265 e. The van der Waals surface area contributed by atoms with Gasteiger partial charge >= 0.3 is 0 Å². The maximum atomic E-state index is 12.9. The molecule has 3 aromatic rings. The molecule has 124 valence electrons. The fraction of sp³-hybridized carbons (Fsp3) is 0.263. The number of hydrogen-bond donors (Lipinski definition) is 0. The normalized spacial score (nSPS) is 10.8. The summed E-state index contributed by atoms with van der Waals surface area (Å²) in [7, 11) is 1.85. The molecule has 2 aromatic heterocycles. The molecule has 2 heterocycles. The van der Waals surface area contributed by atoms with Gasteiger partial charge in [-0.2, -0.15) is 0 Å². The first-order valence-electron chi connectivity index (χ1n) is 8.06. The Bertz CT molecular complexity index is 794. The van der Waals surface area contributed by atoms with Gasteiger partial charge in [0.1, 0.15) is 4.88 Å². The van der Waals surface area contributed by atoms with Gasteiger partial charge in [0.15, 0.2) is 10.8 Å². The summed E-state index contributed by atoms with van der Waals surface area (Å²) in [5.41, 5.74) is 1.67. The van der Waals surface area contributed by atoms with E-state index in [-0.39, 0.29) is 5.91 Å². The maximum absolute atomic E-state index is 12.9. The molecule has 0 saturated carbocycles. The number of furan rings is 1. The average molecular weight is 340 g/mol. The molecular weight excluding hydrogens is 320 g/mol. The Morgan fingerprint density at radius 1 is 1.21 bits per heavy atom. The number of carbonyl (C=O) groups is 1. The minimum atomic E-state index is 0.0117. The molecule has 0 aliphatic rings. The van der Waals surface area contributed by atoms with E-state index in [1.54, 1.807) is 11.2 Å². The third-order valence-electron chi connectivity index (χ3n) is 3.79. The first-order valence-corrected chi connectivity index (χ1v) is 8.88. The summed E-state index contributed by atoms with van der Waals surface area (Å²) in [6.45, 7) is 2.87. The van der Waals surface area contributed by atoms with Crippen molar-refractivity contribution in [1.29, 1.82) is 0 Å². The van der Waals surface area contributed by atoms with Crippen LogP contribution in [0.1, 0.15) is 29.4 Å². The second kappa shape index (κ2) is 7.45. The first-order chi connectivity index (χ1) is 11.7. The SMILES string of the molecule is CCCCN(C)C(=O)c1sc(-c2ccco2)nc1-c1ccccc1. The summed E-state index contributed by atoms with van der Waals surface area (Å²) in [6.07, 6.45) is 3.67. The number of benzene rings is 1. The predicted molar refractivity (Wildman–Crippen MR) is 97.1 cm³/mol. The van der Waals surface area contributed by atoms with Crippen LogP contribution >= 0.6 is 11.3 Å². The molecule has 0 atom stereocenters. The molecule has 0 spiro atoms. The Balaban J connectivity index is 2.01. The number of amides is 1. The van der Waals surface area contributed by atoms with E-state index in [2.05, 4.69) is 11.9 Å². The van der Waals surface area contributed by atoms with Gasteiger partial charge in [-0.15, -0.1) is 11.3 Å². The van der Waals surface area contributed by atoms with Crippen molar-refractivity contribution < 1.29 is 9.21 Å². The molecule has 0 N–H and O–H groups in total. The molecule has 0 unspecified atom stereocenters. The van der Waals surface area contributed by atoms with E-state index in [0.717, 1.165) is 35.7 Å². The summed E-state index contributed by atoms with van der Waals surface area (Å²) in [5.74, 6) is 0.699. The van der Waals surface area contributed by atoms with Crippen molar-refractivity contribution in [1.82, 2.24) is 9.88 Å². The summed E-state index contributed by atoms with van der Waals surface area (Å²) < 4.78 is 5.45. The topological polar surface area (TPSA) is 46.3 Å². The largest absolute Gasteiger partial charge is 0.462 e. The van der Waals surface area contributed by atoms with Crippen LogP contribution in [0.2, 0.25) is 0 Å². The number of nitrogens with zero attached hydrogens (tertiary/aromatic N) is 2. The minimum absolute atomic E-state index is 0.0117. The maximum Gasteiger partial charge on any atom is 0.265 e. The fourth-order valence-electron chi connectivity index (χ4n) is 2.43. The zero-order valence-corrected chi connectivity index (χ0v) is 14.7. The van der Waals surface area contributed by atoms with Crippen LogP contribution < -0.4 is 0 Å². The molecule has 3 rings (SSSR count). The molecule has 4 nitrogen and oxygen atoms in total. The number of carbonyl (C=O) groups excluding carboxylic acids is 1. The highest BCUT2D eigenvalue weighted by atomic mass is 32.1. The van der Waals surface area contributed by atoms with Crippen molar-refractivity contribution in [2.45, 2.75) is 19.8 Å². The van der Waals surface area contributed by atoms with Gasteiger partial charge < -0.3 is 9.32 Å². The van der Waals surface area contributed by atoms with E-state index in [1.807, 2.05) is 49.5 Å². The van der Waals surface area contributed by atoms with Crippen LogP contribution in [0.4, 0.5) is 0 Å². The van der Waals surface area contributed by atoms with Crippen LogP contribution in [0.15, 0.2) is 53.1 Å². The lowest BCUT2D eigenvalue weighted by molar-refractivity contribution is 0.0798. The highest BCUT2D eigenvalue weighted by molar-refractivity contribution is 7.17. The van der Waals surface area contributed by atoms with Crippen molar-refractivity contribution in [2.75, 3.05) is 13.6 Å². The van der Waals surface area contributed by atoms with E-state index in [1.165, 1.54) is 11.3 Å². The van der Waals surface area contributed by atoms with Gasteiger partial charge in [0, 0.05) is 19.2 Å². The molecule has 0 bridgehead atoms. The van der Waals surface area contributed by atoms with Crippen LogP contribution in [-0.2, 0) is 0 Å². The minimum Gasteiger partial charge on any atom is -0.462 e. The van der Waals surface area contributed by atoms with Gasteiger partial charge in [-0.25, -0.2) is 4.98 Å². The number of thiazole rings is 1. The quantitative estimate of drug-likeness (QED) is 0.638. The first kappa shape index (κ1) is 16.5. The third-order valence-corrected chi connectivity index (χ3v) is 4.85. The lowest BCUT2D eigenvalue weighted by atomic mass is 10.1. The molecule has 5 heteroatoms. The predicted octanol–water partition coefficient (Wildman–Crippen LogP) is 4.94. The number of rotatable bonds is 6. The van der Waals surface area contributed by atoms with Crippen molar-refractivity contribution in [3.05, 3.63) is 53.6 Å². The van der Waals surface area contributed by atoms with E-state index >= 15 is 0 Å². The summed E-state index contributed by atoms with van der Waals surface area (Å²) in [4.78, 5) is 20.0. The number of aromatic nitrogens is 1. The van der Waals surface area contributed by atoms with Crippen molar-refractivity contribution in [3.8, 4) is 22.0 Å².